The third kappa shape index (κ3) is 4.42. The molecule has 2 unspecified atom stereocenters. The van der Waals surface area contributed by atoms with E-state index in [9.17, 15) is 4.79 Å². The number of thioether (sulfide) groups is 1. The summed E-state index contributed by atoms with van der Waals surface area (Å²) in [5.74, 6) is 1.00. The number of nitrogen functional groups attached to an aromatic ring is 1. The Morgan fingerprint density at radius 1 is 1.45 bits per heavy atom. The van der Waals surface area contributed by atoms with Gasteiger partial charge in [-0.2, -0.15) is 11.8 Å². The van der Waals surface area contributed by atoms with Crippen LogP contribution in [-0.4, -0.2) is 41.9 Å². The van der Waals surface area contributed by atoms with Crippen LogP contribution in [0.15, 0.2) is 24.3 Å². The number of rotatable bonds is 7. The van der Waals surface area contributed by atoms with E-state index >= 15 is 0 Å². The Kier molecular flexibility index (Phi) is 6.88. The summed E-state index contributed by atoms with van der Waals surface area (Å²) in [7, 11) is 2.00. The Balaban J connectivity index is 2.69. The van der Waals surface area contributed by atoms with E-state index in [0.717, 1.165) is 12.2 Å². The number of likely N-dealkylation sites (N-methyl/N-ethyl adjacent to an activating group) is 1. The van der Waals surface area contributed by atoms with E-state index in [1.807, 2.05) is 32.2 Å². The first-order chi connectivity index (χ1) is 9.51. The van der Waals surface area contributed by atoms with Crippen molar-refractivity contribution >= 4 is 29.0 Å². The molecule has 0 fully saturated rings. The monoisotopic (exact) mass is 295 g/mol. The fourth-order valence-corrected chi connectivity index (χ4v) is 2.92. The van der Waals surface area contributed by atoms with Gasteiger partial charge in [-0.1, -0.05) is 19.1 Å². The lowest BCUT2D eigenvalue weighted by Gasteiger charge is -2.31. The van der Waals surface area contributed by atoms with Crippen molar-refractivity contribution in [3.63, 3.8) is 0 Å². The maximum absolute atomic E-state index is 12.3. The molecule has 0 saturated heterocycles. The maximum Gasteiger partial charge on any atom is 0.241 e. The second kappa shape index (κ2) is 8.17. The minimum absolute atomic E-state index is 0.0232. The van der Waals surface area contributed by atoms with Gasteiger partial charge in [-0.25, -0.2) is 0 Å². The summed E-state index contributed by atoms with van der Waals surface area (Å²) in [5, 5.41) is 2.90. The van der Waals surface area contributed by atoms with E-state index in [2.05, 4.69) is 23.4 Å². The molecule has 3 N–H and O–H groups in total. The minimum Gasteiger partial charge on any atom is -0.397 e. The van der Waals surface area contributed by atoms with Gasteiger partial charge in [0.15, 0.2) is 0 Å². The lowest BCUT2D eigenvalue weighted by atomic mass is 10.1. The Morgan fingerprint density at radius 3 is 2.65 bits per heavy atom. The van der Waals surface area contributed by atoms with Crippen LogP contribution in [0.25, 0.3) is 0 Å². The summed E-state index contributed by atoms with van der Waals surface area (Å²) in [5.41, 5.74) is 7.11. The molecular formula is C15H25N3OS. The van der Waals surface area contributed by atoms with Crippen LogP contribution in [0.5, 0.6) is 0 Å². The summed E-state index contributed by atoms with van der Waals surface area (Å²) in [6.45, 7) is 4.08. The zero-order valence-corrected chi connectivity index (χ0v) is 13.5. The van der Waals surface area contributed by atoms with Gasteiger partial charge in [0.05, 0.1) is 17.4 Å². The number of para-hydroxylation sites is 2. The molecule has 0 spiro atoms. The van der Waals surface area contributed by atoms with Gasteiger partial charge in [0, 0.05) is 11.8 Å². The van der Waals surface area contributed by atoms with Gasteiger partial charge >= 0.3 is 0 Å². The number of hydrogen-bond acceptors (Lipinski definition) is 4. The first-order valence-electron chi connectivity index (χ1n) is 6.87. The van der Waals surface area contributed by atoms with Crippen LogP contribution in [0.2, 0.25) is 0 Å². The SMILES string of the molecule is CCC(CSC)N(C)C(C)C(=O)Nc1ccccc1N. The number of carbonyl (C=O) groups is 1. The number of benzene rings is 1. The predicted molar refractivity (Wildman–Crippen MR) is 89.2 cm³/mol. The summed E-state index contributed by atoms with van der Waals surface area (Å²) in [6.07, 6.45) is 3.12. The average Bonchev–Trinajstić information content (AvgIpc) is 2.45. The number of hydrogen-bond donors (Lipinski definition) is 2. The Bertz CT molecular complexity index is 439. The molecule has 0 aliphatic heterocycles. The Hall–Kier alpha value is -1.20. The molecule has 1 rings (SSSR count). The molecule has 0 saturated carbocycles. The molecule has 112 valence electrons. The summed E-state index contributed by atoms with van der Waals surface area (Å²) < 4.78 is 0. The first kappa shape index (κ1) is 16.9. The van der Waals surface area contributed by atoms with Crippen molar-refractivity contribution in [2.75, 3.05) is 30.1 Å². The van der Waals surface area contributed by atoms with Gasteiger partial charge < -0.3 is 11.1 Å². The van der Waals surface area contributed by atoms with Gasteiger partial charge in [0.25, 0.3) is 0 Å². The lowest BCUT2D eigenvalue weighted by molar-refractivity contribution is -0.120. The van der Waals surface area contributed by atoms with Gasteiger partial charge in [-0.05, 0) is 38.8 Å². The van der Waals surface area contributed by atoms with Crippen molar-refractivity contribution in [2.24, 2.45) is 0 Å². The van der Waals surface area contributed by atoms with E-state index in [1.54, 1.807) is 17.8 Å². The zero-order valence-electron chi connectivity index (χ0n) is 12.7. The highest BCUT2D eigenvalue weighted by atomic mass is 32.2. The zero-order chi connectivity index (χ0) is 15.1. The Morgan fingerprint density at radius 2 is 2.10 bits per heavy atom. The topological polar surface area (TPSA) is 58.4 Å². The number of amides is 1. The lowest BCUT2D eigenvalue weighted by Crippen LogP contribution is -2.46. The number of carbonyl (C=O) groups excluding carboxylic acids is 1. The molecule has 0 aliphatic rings. The van der Waals surface area contributed by atoms with E-state index < -0.39 is 0 Å². The van der Waals surface area contributed by atoms with E-state index in [1.165, 1.54) is 0 Å². The largest absolute Gasteiger partial charge is 0.397 e. The van der Waals surface area contributed by atoms with Crippen LogP contribution in [-0.2, 0) is 4.79 Å². The van der Waals surface area contributed by atoms with Gasteiger partial charge in [-0.3, -0.25) is 9.69 Å². The van der Waals surface area contributed by atoms with Crippen LogP contribution in [0.4, 0.5) is 11.4 Å². The third-order valence-corrected chi connectivity index (χ3v) is 4.33. The highest BCUT2D eigenvalue weighted by Gasteiger charge is 2.23. The summed E-state index contributed by atoms with van der Waals surface area (Å²) in [4.78, 5) is 14.4. The van der Waals surface area contributed by atoms with Crippen molar-refractivity contribution in [2.45, 2.75) is 32.4 Å². The minimum atomic E-state index is -0.188. The second-order valence-corrected chi connectivity index (χ2v) is 5.85. The van der Waals surface area contributed by atoms with Crippen molar-refractivity contribution in [1.82, 2.24) is 4.90 Å². The molecule has 4 nitrogen and oxygen atoms in total. The van der Waals surface area contributed by atoms with Gasteiger partial charge in [0.1, 0.15) is 0 Å². The number of anilines is 2. The smallest absolute Gasteiger partial charge is 0.241 e. The van der Waals surface area contributed by atoms with E-state index in [-0.39, 0.29) is 11.9 Å². The molecule has 0 aromatic heterocycles. The molecule has 1 amide bonds. The van der Waals surface area contributed by atoms with Crippen molar-refractivity contribution in [3.8, 4) is 0 Å². The molecule has 0 heterocycles. The van der Waals surface area contributed by atoms with Crippen molar-refractivity contribution < 1.29 is 4.79 Å². The van der Waals surface area contributed by atoms with Gasteiger partial charge in [-0.15, -0.1) is 0 Å². The molecule has 0 radical (unpaired) electrons. The molecular weight excluding hydrogens is 270 g/mol. The highest BCUT2D eigenvalue weighted by Crippen LogP contribution is 2.18. The van der Waals surface area contributed by atoms with Crippen LogP contribution >= 0.6 is 11.8 Å². The number of nitrogens with two attached hydrogens (primary N) is 1. The highest BCUT2D eigenvalue weighted by molar-refractivity contribution is 7.98. The van der Waals surface area contributed by atoms with Crippen LogP contribution < -0.4 is 11.1 Å². The maximum atomic E-state index is 12.3. The standard InChI is InChI=1S/C15H25N3OS/c1-5-12(10-20-4)18(3)11(2)15(19)17-14-9-7-6-8-13(14)16/h6-9,11-12H,5,10,16H2,1-4H3,(H,17,19). The fourth-order valence-electron chi connectivity index (χ4n) is 2.06. The molecule has 2 atom stereocenters. The molecule has 20 heavy (non-hydrogen) atoms. The molecule has 1 aromatic rings. The number of nitrogens with zero attached hydrogens (tertiary/aromatic N) is 1. The van der Waals surface area contributed by atoms with E-state index in [0.29, 0.717) is 17.4 Å². The summed E-state index contributed by atoms with van der Waals surface area (Å²) in [6, 6.07) is 7.53. The quantitative estimate of drug-likeness (QED) is 0.759. The first-order valence-corrected chi connectivity index (χ1v) is 8.26. The Labute approximate surface area is 126 Å². The van der Waals surface area contributed by atoms with Gasteiger partial charge in [0.2, 0.25) is 5.91 Å². The predicted octanol–water partition coefficient (Wildman–Crippen LogP) is 2.67. The van der Waals surface area contributed by atoms with Crippen LogP contribution in [0.3, 0.4) is 0 Å². The van der Waals surface area contributed by atoms with Crippen molar-refractivity contribution in [1.29, 1.82) is 0 Å². The summed E-state index contributed by atoms with van der Waals surface area (Å²) >= 11 is 1.80. The molecule has 0 bridgehead atoms. The molecule has 0 aliphatic carbocycles. The molecule has 5 heteroatoms. The second-order valence-electron chi connectivity index (χ2n) is 4.94. The van der Waals surface area contributed by atoms with Crippen molar-refractivity contribution in [3.05, 3.63) is 24.3 Å². The number of nitrogens with one attached hydrogen (secondary N) is 1. The fraction of sp³-hybridized carbons (Fsp3) is 0.533. The normalized spacial score (nSPS) is 14.1. The third-order valence-electron chi connectivity index (χ3n) is 3.62. The van der Waals surface area contributed by atoms with Crippen LogP contribution in [0.1, 0.15) is 20.3 Å². The van der Waals surface area contributed by atoms with Crippen LogP contribution in [0, 0.1) is 0 Å². The average molecular weight is 295 g/mol. The molecule has 1 aromatic carbocycles. The van der Waals surface area contributed by atoms with E-state index in [4.69, 9.17) is 5.73 Å².